The van der Waals surface area contributed by atoms with E-state index in [-0.39, 0.29) is 23.2 Å². The van der Waals surface area contributed by atoms with E-state index in [1.54, 1.807) is 6.07 Å². The molecule has 1 N–H and O–H groups in total. The second-order valence-electron chi connectivity index (χ2n) is 5.66. The number of hydrogen-bond acceptors (Lipinski definition) is 2. The summed E-state index contributed by atoms with van der Waals surface area (Å²) in [6, 6.07) is 5.03. The zero-order chi connectivity index (χ0) is 13.2. The summed E-state index contributed by atoms with van der Waals surface area (Å²) in [6.45, 7) is 6.23. The van der Waals surface area contributed by atoms with Crippen molar-refractivity contribution in [2.24, 2.45) is 5.41 Å². The molecule has 0 radical (unpaired) electrons. The number of nitrogens with one attached hydrogen (secondary N) is 1. The van der Waals surface area contributed by atoms with Crippen LogP contribution in [-0.4, -0.2) is 31.6 Å². The van der Waals surface area contributed by atoms with Gasteiger partial charge >= 0.3 is 0 Å². The third kappa shape index (κ3) is 4.60. The van der Waals surface area contributed by atoms with E-state index in [0.29, 0.717) is 5.41 Å². The lowest BCUT2D eigenvalue weighted by molar-refractivity contribution is 0.203. The van der Waals surface area contributed by atoms with Crippen molar-refractivity contribution in [1.29, 1.82) is 0 Å². The van der Waals surface area contributed by atoms with Gasteiger partial charge in [-0.25, -0.2) is 4.39 Å². The van der Waals surface area contributed by atoms with Gasteiger partial charge in [-0.3, -0.25) is 0 Å². The quantitative estimate of drug-likeness (QED) is 0.918. The SMILES string of the molecule is CN(Cc1ccc(Cl)c(F)c1)CC1(C)CCNC1.Cl. The van der Waals surface area contributed by atoms with Crippen molar-refractivity contribution in [3.8, 4) is 0 Å². The van der Waals surface area contributed by atoms with Crippen LogP contribution in [0.15, 0.2) is 18.2 Å². The molecule has 2 rings (SSSR count). The first kappa shape index (κ1) is 16.7. The molecule has 2 nitrogen and oxygen atoms in total. The predicted octanol–water partition coefficient (Wildman–Crippen LogP) is 3.33. The molecule has 5 heteroatoms. The van der Waals surface area contributed by atoms with Crippen molar-refractivity contribution in [2.45, 2.75) is 19.9 Å². The minimum atomic E-state index is -0.337. The molecule has 0 aromatic heterocycles. The second kappa shape index (κ2) is 6.89. The molecule has 1 aromatic rings. The summed E-state index contributed by atoms with van der Waals surface area (Å²) in [4.78, 5) is 2.25. The normalized spacial score (nSPS) is 22.6. The van der Waals surface area contributed by atoms with E-state index in [9.17, 15) is 4.39 Å². The van der Waals surface area contributed by atoms with Gasteiger partial charge in [0.05, 0.1) is 5.02 Å². The summed E-state index contributed by atoms with van der Waals surface area (Å²) in [6.07, 6.45) is 1.20. The van der Waals surface area contributed by atoms with Crippen LogP contribution in [0, 0.1) is 11.2 Å². The van der Waals surface area contributed by atoms with Crippen LogP contribution in [-0.2, 0) is 6.54 Å². The average molecular weight is 307 g/mol. The molecule has 1 heterocycles. The number of halogens is 3. The Bertz CT molecular complexity index is 420. The maximum absolute atomic E-state index is 13.3. The predicted molar refractivity (Wildman–Crippen MR) is 80.6 cm³/mol. The Hall–Kier alpha value is -0.350. The highest BCUT2D eigenvalue weighted by atomic mass is 35.5. The Kier molecular flexibility index (Phi) is 6.06. The minimum Gasteiger partial charge on any atom is -0.316 e. The van der Waals surface area contributed by atoms with Crippen molar-refractivity contribution < 1.29 is 4.39 Å². The maximum Gasteiger partial charge on any atom is 0.142 e. The Labute approximate surface area is 125 Å². The van der Waals surface area contributed by atoms with E-state index < -0.39 is 0 Å². The van der Waals surface area contributed by atoms with E-state index in [1.807, 2.05) is 6.07 Å². The average Bonchev–Trinajstić information content (AvgIpc) is 2.70. The van der Waals surface area contributed by atoms with Gasteiger partial charge in [0, 0.05) is 19.6 Å². The van der Waals surface area contributed by atoms with Gasteiger partial charge in [-0.2, -0.15) is 0 Å². The van der Waals surface area contributed by atoms with Crippen LogP contribution >= 0.6 is 24.0 Å². The van der Waals surface area contributed by atoms with Crippen LogP contribution in [0.25, 0.3) is 0 Å². The van der Waals surface area contributed by atoms with Crippen LogP contribution in [0.4, 0.5) is 4.39 Å². The maximum atomic E-state index is 13.3. The summed E-state index contributed by atoms with van der Waals surface area (Å²) >= 11 is 5.68. The first-order valence-corrected chi connectivity index (χ1v) is 6.69. The molecular weight excluding hydrogens is 286 g/mol. The Morgan fingerprint density at radius 3 is 2.79 bits per heavy atom. The summed E-state index contributed by atoms with van der Waals surface area (Å²) in [5.41, 5.74) is 1.30. The van der Waals surface area contributed by atoms with Gasteiger partial charge in [0.1, 0.15) is 5.82 Å². The third-order valence-corrected chi connectivity index (χ3v) is 3.85. The summed E-state index contributed by atoms with van der Waals surface area (Å²) in [7, 11) is 2.08. The fourth-order valence-corrected chi connectivity index (χ4v) is 2.78. The lowest BCUT2D eigenvalue weighted by atomic mass is 9.89. The lowest BCUT2D eigenvalue weighted by Crippen LogP contribution is -2.34. The highest BCUT2D eigenvalue weighted by Gasteiger charge is 2.29. The minimum absolute atomic E-state index is 0. The molecule has 1 aliphatic rings. The van der Waals surface area contributed by atoms with Gasteiger partial charge in [-0.15, -0.1) is 12.4 Å². The third-order valence-electron chi connectivity index (χ3n) is 3.55. The van der Waals surface area contributed by atoms with Crippen molar-refractivity contribution in [1.82, 2.24) is 10.2 Å². The molecule has 1 aromatic carbocycles. The number of benzene rings is 1. The van der Waals surface area contributed by atoms with Crippen molar-refractivity contribution in [3.05, 3.63) is 34.6 Å². The fraction of sp³-hybridized carbons (Fsp3) is 0.571. The topological polar surface area (TPSA) is 15.3 Å². The molecule has 1 atom stereocenters. The Morgan fingerprint density at radius 2 is 2.21 bits per heavy atom. The molecule has 1 aliphatic heterocycles. The highest BCUT2D eigenvalue weighted by Crippen LogP contribution is 2.26. The molecule has 1 saturated heterocycles. The van der Waals surface area contributed by atoms with Crippen LogP contribution in [0.3, 0.4) is 0 Å². The molecule has 1 unspecified atom stereocenters. The van der Waals surface area contributed by atoms with Gasteiger partial charge in [0.25, 0.3) is 0 Å². The zero-order valence-electron chi connectivity index (χ0n) is 11.4. The van der Waals surface area contributed by atoms with Gasteiger partial charge in [-0.1, -0.05) is 24.6 Å². The summed E-state index contributed by atoms with van der Waals surface area (Å²) in [5.74, 6) is -0.337. The standard InChI is InChI=1S/C14H20ClFN2.ClH/c1-14(5-6-17-9-14)10-18(2)8-11-3-4-12(15)13(16)7-11;/h3-4,7,17H,5-6,8-10H2,1-2H3;1H. The first-order valence-electron chi connectivity index (χ1n) is 6.32. The second-order valence-corrected chi connectivity index (χ2v) is 6.07. The molecule has 0 bridgehead atoms. The van der Waals surface area contributed by atoms with E-state index in [2.05, 4.69) is 24.2 Å². The molecule has 0 spiro atoms. The van der Waals surface area contributed by atoms with Crippen LogP contribution in [0.2, 0.25) is 5.02 Å². The van der Waals surface area contributed by atoms with Gasteiger partial charge in [-0.05, 0) is 43.1 Å². The zero-order valence-corrected chi connectivity index (χ0v) is 13.0. The molecule has 1 fully saturated rings. The Balaban J connectivity index is 0.00000180. The smallest absolute Gasteiger partial charge is 0.142 e. The van der Waals surface area contributed by atoms with E-state index in [0.717, 1.165) is 31.7 Å². The van der Waals surface area contributed by atoms with Crippen LogP contribution in [0.1, 0.15) is 18.9 Å². The van der Waals surface area contributed by atoms with E-state index in [1.165, 1.54) is 12.5 Å². The largest absolute Gasteiger partial charge is 0.316 e. The van der Waals surface area contributed by atoms with Crippen LogP contribution < -0.4 is 5.32 Å². The molecule has 19 heavy (non-hydrogen) atoms. The first-order chi connectivity index (χ1) is 8.48. The molecule has 0 saturated carbocycles. The van der Waals surface area contributed by atoms with Gasteiger partial charge < -0.3 is 10.2 Å². The van der Waals surface area contributed by atoms with Gasteiger partial charge in [0.2, 0.25) is 0 Å². The number of hydrogen-bond donors (Lipinski definition) is 1. The highest BCUT2D eigenvalue weighted by molar-refractivity contribution is 6.30. The fourth-order valence-electron chi connectivity index (χ4n) is 2.66. The molecule has 108 valence electrons. The molecule has 0 aliphatic carbocycles. The van der Waals surface area contributed by atoms with Crippen molar-refractivity contribution >= 4 is 24.0 Å². The van der Waals surface area contributed by atoms with Crippen molar-refractivity contribution in [2.75, 3.05) is 26.7 Å². The summed E-state index contributed by atoms with van der Waals surface area (Å²) in [5, 5.41) is 3.58. The molecular formula is C14H21Cl2FN2. The van der Waals surface area contributed by atoms with Crippen LogP contribution in [0.5, 0.6) is 0 Å². The lowest BCUT2D eigenvalue weighted by Gasteiger charge is -2.29. The summed E-state index contributed by atoms with van der Waals surface area (Å²) < 4.78 is 13.3. The number of rotatable bonds is 4. The van der Waals surface area contributed by atoms with Gasteiger partial charge in [0.15, 0.2) is 0 Å². The number of nitrogens with zero attached hydrogens (tertiary/aromatic N) is 1. The monoisotopic (exact) mass is 306 g/mol. The molecule has 0 amide bonds. The Morgan fingerprint density at radius 1 is 1.47 bits per heavy atom. The van der Waals surface area contributed by atoms with E-state index >= 15 is 0 Å². The van der Waals surface area contributed by atoms with Crippen molar-refractivity contribution in [3.63, 3.8) is 0 Å². The van der Waals surface area contributed by atoms with E-state index in [4.69, 9.17) is 11.6 Å².